The van der Waals surface area contributed by atoms with Crippen LogP contribution in [-0.2, 0) is 20.7 Å². The zero-order valence-electron chi connectivity index (χ0n) is 20.8. The van der Waals surface area contributed by atoms with E-state index in [1.54, 1.807) is 19.1 Å². The predicted octanol–water partition coefficient (Wildman–Crippen LogP) is 3.52. The van der Waals surface area contributed by atoms with Gasteiger partial charge in [0.2, 0.25) is 11.7 Å². The molecule has 1 fully saturated rings. The molecule has 0 bridgehead atoms. The first-order valence-electron chi connectivity index (χ1n) is 11.5. The van der Waals surface area contributed by atoms with Gasteiger partial charge in [0.1, 0.15) is 0 Å². The van der Waals surface area contributed by atoms with Crippen molar-refractivity contribution >= 4 is 17.7 Å². The van der Waals surface area contributed by atoms with Gasteiger partial charge in [-0.25, -0.2) is 0 Å². The Morgan fingerprint density at radius 1 is 1.09 bits per heavy atom. The van der Waals surface area contributed by atoms with Crippen molar-refractivity contribution in [3.63, 3.8) is 0 Å². The third kappa shape index (κ3) is 5.43. The Morgan fingerprint density at radius 2 is 1.79 bits per heavy atom. The molecule has 1 aliphatic heterocycles. The molecule has 184 valence electrons. The van der Waals surface area contributed by atoms with Crippen LogP contribution in [0.2, 0.25) is 0 Å². The summed E-state index contributed by atoms with van der Waals surface area (Å²) in [4.78, 5) is 39.4. The summed E-state index contributed by atoms with van der Waals surface area (Å²) < 4.78 is 18.0. The number of carbonyl (C=O) groups is 3. The molecular weight excluding hydrogens is 436 g/mol. The van der Waals surface area contributed by atoms with Gasteiger partial charge in [0, 0.05) is 42.5 Å². The van der Waals surface area contributed by atoms with E-state index in [1.165, 1.54) is 0 Å². The molecule has 2 aromatic rings. The second kappa shape index (κ2) is 10.8. The van der Waals surface area contributed by atoms with E-state index in [-0.39, 0.29) is 30.8 Å². The third-order valence-corrected chi connectivity index (χ3v) is 6.31. The van der Waals surface area contributed by atoms with Crippen LogP contribution in [0.3, 0.4) is 0 Å². The molecule has 8 heteroatoms. The number of methoxy groups -OCH3 is 2. The maximum atomic E-state index is 12.7. The minimum absolute atomic E-state index is 0.0887. The monoisotopic (exact) mass is 470 g/mol. The van der Waals surface area contributed by atoms with Crippen LogP contribution in [0.15, 0.2) is 24.3 Å². The molecule has 1 aromatic heterocycles. The standard InChI is InChI=1S/C26H34N2O6/c1-16(2)28-17(3)11-21(18(28)4)22(29)15-34-26(31)20-13-25(30)27(14-20)10-9-19-7-8-23(32-5)24(12-19)33-6/h7-8,11-12,16,20H,9-10,13-15H2,1-6H3/t20-/m1/s1. The lowest BCUT2D eigenvalue weighted by Gasteiger charge is -2.17. The summed E-state index contributed by atoms with van der Waals surface area (Å²) in [7, 11) is 3.16. The Labute approximate surface area is 200 Å². The van der Waals surface area contributed by atoms with Gasteiger partial charge in [-0.1, -0.05) is 6.07 Å². The summed E-state index contributed by atoms with van der Waals surface area (Å²) in [5.74, 6) is -0.112. The van der Waals surface area contributed by atoms with Crippen molar-refractivity contribution in [2.24, 2.45) is 5.92 Å². The molecule has 1 aromatic carbocycles. The van der Waals surface area contributed by atoms with Crippen molar-refractivity contribution in [2.45, 2.75) is 46.6 Å². The quantitative estimate of drug-likeness (QED) is 0.390. The summed E-state index contributed by atoms with van der Waals surface area (Å²) in [6.45, 7) is 8.42. The van der Waals surface area contributed by atoms with E-state index in [0.717, 1.165) is 17.0 Å². The summed E-state index contributed by atoms with van der Waals surface area (Å²) in [5.41, 5.74) is 3.43. The first kappa shape index (κ1) is 25.3. The number of ketones is 1. The smallest absolute Gasteiger partial charge is 0.311 e. The first-order chi connectivity index (χ1) is 16.2. The lowest BCUT2D eigenvalue weighted by molar-refractivity contribution is -0.147. The highest BCUT2D eigenvalue weighted by Gasteiger charge is 2.35. The number of likely N-dealkylation sites (tertiary alicyclic amines) is 1. The molecule has 2 heterocycles. The molecule has 3 rings (SSSR count). The van der Waals surface area contributed by atoms with Gasteiger partial charge in [-0.3, -0.25) is 14.4 Å². The molecule has 34 heavy (non-hydrogen) atoms. The molecule has 0 saturated carbocycles. The van der Waals surface area contributed by atoms with Gasteiger partial charge in [-0.15, -0.1) is 0 Å². The van der Waals surface area contributed by atoms with Gasteiger partial charge in [-0.05, 0) is 57.9 Å². The number of Topliss-reactive ketones (excluding diaryl/α,β-unsaturated/α-hetero) is 1. The van der Waals surface area contributed by atoms with Crippen LogP contribution in [0.4, 0.5) is 0 Å². The van der Waals surface area contributed by atoms with E-state index >= 15 is 0 Å². The first-order valence-corrected chi connectivity index (χ1v) is 11.5. The number of esters is 1. The number of hydrogen-bond donors (Lipinski definition) is 0. The van der Waals surface area contributed by atoms with Crippen molar-refractivity contribution in [2.75, 3.05) is 33.9 Å². The SMILES string of the molecule is COc1ccc(CCN2C[C@H](C(=O)OCC(=O)c3cc(C)n(C(C)C)c3C)CC2=O)cc1OC. The topological polar surface area (TPSA) is 87.1 Å². The summed E-state index contributed by atoms with van der Waals surface area (Å²) in [6, 6.07) is 7.71. The van der Waals surface area contributed by atoms with Crippen molar-refractivity contribution in [3.05, 3.63) is 46.8 Å². The van der Waals surface area contributed by atoms with Gasteiger partial charge in [-0.2, -0.15) is 0 Å². The van der Waals surface area contributed by atoms with Gasteiger partial charge < -0.3 is 23.7 Å². The van der Waals surface area contributed by atoms with E-state index < -0.39 is 11.9 Å². The van der Waals surface area contributed by atoms with E-state index in [2.05, 4.69) is 18.4 Å². The number of aromatic nitrogens is 1. The number of aryl methyl sites for hydroxylation is 1. The Kier molecular flexibility index (Phi) is 8.02. The summed E-state index contributed by atoms with van der Waals surface area (Å²) in [6.07, 6.45) is 0.721. The summed E-state index contributed by atoms with van der Waals surface area (Å²) >= 11 is 0. The Hall–Kier alpha value is -3.29. The van der Waals surface area contributed by atoms with Crippen molar-refractivity contribution in [1.29, 1.82) is 0 Å². The third-order valence-electron chi connectivity index (χ3n) is 6.31. The largest absolute Gasteiger partial charge is 0.493 e. The Balaban J connectivity index is 1.53. The maximum Gasteiger partial charge on any atom is 0.311 e. The van der Waals surface area contributed by atoms with Crippen molar-refractivity contribution in [1.82, 2.24) is 9.47 Å². The van der Waals surface area contributed by atoms with Crippen LogP contribution in [0.25, 0.3) is 0 Å². The van der Waals surface area contributed by atoms with E-state index in [4.69, 9.17) is 14.2 Å². The van der Waals surface area contributed by atoms with Gasteiger partial charge in [0.15, 0.2) is 18.1 Å². The lowest BCUT2D eigenvalue weighted by Crippen LogP contribution is -2.29. The van der Waals surface area contributed by atoms with E-state index in [9.17, 15) is 14.4 Å². The van der Waals surface area contributed by atoms with Crippen LogP contribution in [0, 0.1) is 19.8 Å². The summed E-state index contributed by atoms with van der Waals surface area (Å²) in [5, 5.41) is 0. The number of hydrogen-bond acceptors (Lipinski definition) is 6. The van der Waals surface area contributed by atoms with Gasteiger partial charge in [0.05, 0.1) is 20.1 Å². The molecule has 0 aliphatic carbocycles. The van der Waals surface area contributed by atoms with E-state index in [1.807, 2.05) is 38.1 Å². The number of ether oxygens (including phenoxy) is 3. The fraction of sp³-hybridized carbons (Fsp3) is 0.500. The normalized spacial score (nSPS) is 15.7. The van der Waals surface area contributed by atoms with Crippen LogP contribution in [0.1, 0.15) is 53.6 Å². The molecular formula is C26H34N2O6. The average molecular weight is 471 g/mol. The fourth-order valence-electron chi connectivity index (χ4n) is 4.63. The zero-order chi connectivity index (χ0) is 25.0. The number of nitrogens with zero attached hydrogens (tertiary/aromatic N) is 2. The van der Waals surface area contributed by atoms with Crippen LogP contribution < -0.4 is 9.47 Å². The van der Waals surface area contributed by atoms with Crippen LogP contribution >= 0.6 is 0 Å². The van der Waals surface area contributed by atoms with Crippen molar-refractivity contribution < 1.29 is 28.6 Å². The molecule has 1 atom stereocenters. The predicted molar refractivity (Wildman–Crippen MR) is 128 cm³/mol. The highest BCUT2D eigenvalue weighted by Crippen LogP contribution is 2.28. The zero-order valence-corrected chi connectivity index (χ0v) is 20.8. The van der Waals surface area contributed by atoms with Gasteiger partial charge >= 0.3 is 5.97 Å². The molecule has 1 aliphatic rings. The fourth-order valence-corrected chi connectivity index (χ4v) is 4.63. The molecule has 0 unspecified atom stereocenters. The molecule has 1 saturated heterocycles. The molecule has 8 nitrogen and oxygen atoms in total. The van der Waals surface area contributed by atoms with E-state index in [0.29, 0.717) is 36.6 Å². The Bertz CT molecular complexity index is 1070. The average Bonchev–Trinajstić information content (AvgIpc) is 3.33. The molecule has 0 N–H and O–H groups in total. The minimum atomic E-state index is -0.561. The lowest BCUT2D eigenvalue weighted by atomic mass is 10.1. The second-order valence-corrected chi connectivity index (χ2v) is 8.96. The van der Waals surface area contributed by atoms with Crippen molar-refractivity contribution in [3.8, 4) is 11.5 Å². The van der Waals surface area contributed by atoms with Gasteiger partial charge in [0.25, 0.3) is 0 Å². The second-order valence-electron chi connectivity index (χ2n) is 8.96. The Morgan fingerprint density at radius 3 is 2.41 bits per heavy atom. The molecule has 0 spiro atoms. The highest BCUT2D eigenvalue weighted by molar-refractivity contribution is 5.99. The number of amides is 1. The van der Waals surface area contributed by atoms with Crippen LogP contribution in [0.5, 0.6) is 11.5 Å². The maximum absolute atomic E-state index is 12.7. The van der Waals surface area contributed by atoms with Crippen LogP contribution in [-0.4, -0.2) is 61.0 Å². The number of benzene rings is 1. The molecule has 0 radical (unpaired) electrons. The number of carbonyl (C=O) groups excluding carboxylic acids is 3. The minimum Gasteiger partial charge on any atom is -0.493 e. The highest BCUT2D eigenvalue weighted by atomic mass is 16.5. The number of rotatable bonds is 10. The molecule has 1 amide bonds.